The second kappa shape index (κ2) is 7.28. The Morgan fingerprint density at radius 3 is 2.03 bits per heavy atom. The van der Waals surface area contributed by atoms with Crippen LogP contribution in [0.4, 0.5) is 0 Å². The molecular formula is C29H42Si3. The highest BCUT2D eigenvalue weighted by Gasteiger charge is 2.55. The maximum Gasteiger partial charge on any atom is 0.0779 e. The predicted octanol–water partition coefficient (Wildman–Crippen LogP) is 7.29. The molecule has 0 amide bonds. The number of allylic oxidation sites excluding steroid dienone is 8. The molecule has 1 unspecified atom stereocenters. The van der Waals surface area contributed by atoms with E-state index in [-0.39, 0.29) is 5.04 Å². The molecule has 0 spiro atoms. The van der Waals surface area contributed by atoms with E-state index in [2.05, 4.69) is 115 Å². The smallest absolute Gasteiger partial charge is 0.0779 e. The number of fused-ring (bicyclic) bond motifs is 2. The van der Waals surface area contributed by atoms with E-state index in [4.69, 9.17) is 0 Å². The fraction of sp³-hybridized carbons (Fsp3) is 0.448. The average Bonchev–Trinajstić information content (AvgIpc) is 3.24. The second-order valence-corrected chi connectivity index (χ2v) is 28.8. The Hall–Kier alpha value is -1.43. The van der Waals surface area contributed by atoms with E-state index >= 15 is 0 Å². The van der Waals surface area contributed by atoms with Crippen molar-refractivity contribution >= 4 is 35.9 Å². The summed E-state index contributed by atoms with van der Waals surface area (Å²) in [7, 11) is -4.89. The van der Waals surface area contributed by atoms with Gasteiger partial charge in [-0.05, 0) is 52.2 Å². The zero-order valence-electron chi connectivity index (χ0n) is 22.2. The third kappa shape index (κ3) is 3.43. The van der Waals surface area contributed by atoms with Crippen LogP contribution >= 0.6 is 0 Å². The monoisotopic (exact) mass is 474 g/mol. The van der Waals surface area contributed by atoms with Gasteiger partial charge in [0.15, 0.2) is 0 Å². The molecule has 4 rings (SSSR count). The average molecular weight is 475 g/mol. The Labute approximate surface area is 199 Å². The molecule has 0 aromatic heterocycles. The number of rotatable bonds is 4. The molecule has 0 aliphatic heterocycles. The van der Waals surface area contributed by atoms with Gasteiger partial charge in [0.05, 0.1) is 24.2 Å². The highest BCUT2D eigenvalue weighted by Crippen LogP contribution is 2.64. The lowest BCUT2D eigenvalue weighted by Gasteiger charge is -2.55. The molecule has 1 aromatic carbocycles. The van der Waals surface area contributed by atoms with Crippen LogP contribution in [0.2, 0.25) is 64.0 Å². The van der Waals surface area contributed by atoms with Gasteiger partial charge in [-0.3, -0.25) is 0 Å². The van der Waals surface area contributed by atoms with Crippen molar-refractivity contribution < 1.29 is 0 Å². The zero-order chi connectivity index (χ0) is 23.9. The first-order valence-electron chi connectivity index (χ1n) is 12.3. The molecule has 1 aromatic rings. The van der Waals surface area contributed by atoms with Gasteiger partial charge in [-0.2, -0.15) is 0 Å². The quantitative estimate of drug-likeness (QED) is 0.402. The fourth-order valence-electron chi connectivity index (χ4n) is 6.39. The standard InChI is InChI=1S/C29H42Si3/c1-20-16-17-23-22(18-20)19-24-25(23)27(30(3,4)5)28(31(6,7)8)29(2,32(9,10)11)26(24)21-14-12-13-15-21/h12-14,16-19H,15H2,1-11H3. The van der Waals surface area contributed by atoms with Gasteiger partial charge in [0.2, 0.25) is 0 Å². The number of aryl methyl sites for hydroxylation is 1. The highest BCUT2D eigenvalue weighted by atomic mass is 28.3. The molecular weight excluding hydrogens is 433 g/mol. The molecule has 170 valence electrons. The summed E-state index contributed by atoms with van der Waals surface area (Å²) in [5.41, 5.74) is 7.76. The number of hydrogen-bond acceptors (Lipinski definition) is 0. The minimum Gasteiger partial charge on any atom is -0.0801 e. The summed E-state index contributed by atoms with van der Waals surface area (Å²) >= 11 is 0. The van der Waals surface area contributed by atoms with Crippen molar-refractivity contribution in [1.29, 1.82) is 0 Å². The third-order valence-electron chi connectivity index (χ3n) is 7.91. The van der Waals surface area contributed by atoms with E-state index in [9.17, 15) is 0 Å². The first kappa shape index (κ1) is 23.7. The van der Waals surface area contributed by atoms with Crippen molar-refractivity contribution in [3.05, 3.63) is 79.5 Å². The van der Waals surface area contributed by atoms with Crippen molar-refractivity contribution in [2.75, 3.05) is 0 Å². The van der Waals surface area contributed by atoms with Crippen LogP contribution in [-0.4, -0.2) is 24.2 Å². The number of benzene rings is 1. The van der Waals surface area contributed by atoms with Crippen LogP contribution < -0.4 is 10.4 Å². The maximum atomic E-state index is 2.66. The first-order chi connectivity index (χ1) is 14.6. The minimum absolute atomic E-state index is 0.164. The maximum absolute atomic E-state index is 2.66. The summed E-state index contributed by atoms with van der Waals surface area (Å²) in [6, 6.07) is 7.15. The third-order valence-corrected chi connectivity index (χ3v) is 16.2. The fourth-order valence-corrected chi connectivity index (χ4v) is 17.5. The molecule has 1 atom stereocenters. The molecule has 0 saturated heterocycles. The Bertz CT molecular complexity index is 1250. The van der Waals surface area contributed by atoms with Gasteiger partial charge in [-0.1, -0.05) is 118 Å². The van der Waals surface area contributed by atoms with Crippen molar-refractivity contribution in [3.63, 3.8) is 0 Å². The van der Waals surface area contributed by atoms with Gasteiger partial charge < -0.3 is 0 Å². The topological polar surface area (TPSA) is 0 Å². The van der Waals surface area contributed by atoms with E-state index < -0.39 is 24.2 Å². The van der Waals surface area contributed by atoms with Crippen molar-refractivity contribution in [2.45, 2.75) is 84.2 Å². The highest BCUT2D eigenvalue weighted by molar-refractivity contribution is 6.94. The number of hydrogen-bond donors (Lipinski definition) is 0. The van der Waals surface area contributed by atoms with Crippen molar-refractivity contribution in [1.82, 2.24) is 0 Å². The normalized spacial score (nSPS) is 23.5. The van der Waals surface area contributed by atoms with E-state index in [0.29, 0.717) is 0 Å². The molecule has 0 saturated carbocycles. The molecule has 32 heavy (non-hydrogen) atoms. The van der Waals surface area contributed by atoms with Crippen LogP contribution in [0.5, 0.6) is 0 Å². The van der Waals surface area contributed by atoms with Gasteiger partial charge in [0.1, 0.15) is 0 Å². The van der Waals surface area contributed by atoms with E-state index in [1.807, 2.05) is 5.20 Å². The summed E-state index contributed by atoms with van der Waals surface area (Å²) in [5, 5.41) is 6.76. The first-order valence-corrected chi connectivity index (χ1v) is 22.8. The van der Waals surface area contributed by atoms with Gasteiger partial charge in [0, 0.05) is 5.04 Å². The Balaban J connectivity index is 2.31. The Kier molecular flexibility index (Phi) is 5.40. The lowest BCUT2D eigenvalue weighted by Crippen LogP contribution is -2.51. The van der Waals surface area contributed by atoms with Crippen molar-refractivity contribution in [3.8, 4) is 0 Å². The van der Waals surface area contributed by atoms with E-state index in [0.717, 1.165) is 6.42 Å². The molecule has 3 aliphatic rings. The van der Waals surface area contributed by atoms with Crippen LogP contribution in [-0.2, 0) is 0 Å². The van der Waals surface area contributed by atoms with Crippen molar-refractivity contribution in [2.24, 2.45) is 0 Å². The lowest BCUT2D eigenvalue weighted by atomic mass is 9.80. The summed E-state index contributed by atoms with van der Waals surface area (Å²) in [6.07, 6.45) is 10.7. The summed E-state index contributed by atoms with van der Waals surface area (Å²) in [4.78, 5) is 0. The summed E-state index contributed by atoms with van der Waals surface area (Å²) in [5.74, 6) is 0. The summed E-state index contributed by atoms with van der Waals surface area (Å²) in [6.45, 7) is 28.4. The van der Waals surface area contributed by atoms with Crippen LogP contribution in [0.1, 0.15) is 18.9 Å². The molecule has 0 radical (unpaired) electrons. The van der Waals surface area contributed by atoms with E-state index in [1.54, 1.807) is 27.5 Å². The molecule has 0 fully saturated rings. The zero-order valence-corrected chi connectivity index (χ0v) is 25.2. The lowest BCUT2D eigenvalue weighted by molar-refractivity contribution is 0.805. The molecule has 0 bridgehead atoms. The molecule has 3 heteroatoms. The minimum atomic E-state index is -1.64. The molecule has 0 N–H and O–H groups in total. The Morgan fingerprint density at radius 2 is 1.53 bits per heavy atom. The summed E-state index contributed by atoms with van der Waals surface area (Å²) < 4.78 is 0. The van der Waals surface area contributed by atoms with Crippen LogP contribution in [0.25, 0.3) is 11.6 Å². The van der Waals surface area contributed by atoms with Gasteiger partial charge in [0.25, 0.3) is 0 Å². The SMILES string of the molecule is Cc1ccc2c(c1)=CC1=C(C3=CC=CC3)C(C)([Si](C)(C)C)C([Si](C)(C)C)=C([Si](C)(C)C)C=21. The molecule has 0 heterocycles. The van der Waals surface area contributed by atoms with Crippen LogP contribution in [0, 0.1) is 6.92 Å². The van der Waals surface area contributed by atoms with Gasteiger partial charge >= 0.3 is 0 Å². The Morgan fingerprint density at radius 1 is 0.875 bits per heavy atom. The van der Waals surface area contributed by atoms with E-state index in [1.165, 1.54) is 16.0 Å². The van der Waals surface area contributed by atoms with Gasteiger partial charge in [-0.15, -0.1) is 0 Å². The molecule has 0 nitrogen and oxygen atoms in total. The largest absolute Gasteiger partial charge is 0.0801 e. The van der Waals surface area contributed by atoms with Crippen LogP contribution in [0.15, 0.2) is 63.5 Å². The van der Waals surface area contributed by atoms with Gasteiger partial charge in [-0.25, -0.2) is 0 Å². The predicted molar refractivity (Wildman–Crippen MR) is 153 cm³/mol. The molecule has 3 aliphatic carbocycles. The van der Waals surface area contributed by atoms with Crippen LogP contribution in [0.3, 0.4) is 0 Å². The second-order valence-electron chi connectivity index (χ2n) is 13.3.